The molecule has 112 valence electrons. The van der Waals surface area contributed by atoms with E-state index in [2.05, 4.69) is 29.6 Å². The maximum Gasteiger partial charge on any atom is 0.237 e. The van der Waals surface area contributed by atoms with E-state index in [1.165, 1.54) is 11.1 Å². The summed E-state index contributed by atoms with van der Waals surface area (Å²) in [4.78, 5) is 13.4. The average molecular weight is 310 g/mol. The largest absolute Gasteiger partial charge is 0.325 e. The van der Waals surface area contributed by atoms with E-state index in [9.17, 15) is 4.79 Å². The van der Waals surface area contributed by atoms with Crippen molar-refractivity contribution in [2.24, 2.45) is 0 Å². The molecule has 1 N–H and O–H groups in total. The summed E-state index contributed by atoms with van der Waals surface area (Å²) in [6.45, 7) is 5.97. The summed E-state index contributed by atoms with van der Waals surface area (Å²) in [5.41, 5.74) is 3.54. The molecule has 0 bridgehead atoms. The molecule has 4 heteroatoms. The maximum absolute atomic E-state index is 12.3. The Hall–Kier alpha value is -2.25. The molecule has 0 aliphatic carbocycles. The number of nitrogens with one attached hydrogen (secondary N) is 1. The lowest BCUT2D eigenvalue weighted by atomic mass is 10.2. The fraction of sp³-hybridized carbons (Fsp3) is 0.222. The zero-order valence-corrected chi connectivity index (χ0v) is 13.7. The first-order valence-electron chi connectivity index (χ1n) is 7.04. The molecule has 0 aliphatic rings. The van der Waals surface area contributed by atoms with E-state index in [-0.39, 0.29) is 11.2 Å². The zero-order chi connectivity index (χ0) is 16.1. The summed E-state index contributed by atoms with van der Waals surface area (Å²) in [6, 6.07) is 15.2. The Morgan fingerprint density at radius 3 is 2.73 bits per heavy atom. The molecular weight excluding hydrogens is 292 g/mol. The molecule has 1 atom stereocenters. The number of rotatable bonds is 4. The van der Waals surface area contributed by atoms with Crippen LogP contribution < -0.4 is 5.32 Å². The second kappa shape index (κ2) is 7.15. The van der Waals surface area contributed by atoms with Gasteiger partial charge in [0.1, 0.15) is 0 Å². The minimum atomic E-state index is -0.216. The van der Waals surface area contributed by atoms with Crippen LogP contribution in [-0.2, 0) is 4.79 Å². The first kappa shape index (κ1) is 16.1. The van der Waals surface area contributed by atoms with Gasteiger partial charge in [-0.1, -0.05) is 23.8 Å². The van der Waals surface area contributed by atoms with E-state index < -0.39 is 0 Å². The number of amides is 1. The van der Waals surface area contributed by atoms with Crippen molar-refractivity contribution in [1.29, 1.82) is 5.26 Å². The molecule has 2 rings (SSSR count). The monoisotopic (exact) mass is 310 g/mol. The van der Waals surface area contributed by atoms with Gasteiger partial charge in [-0.15, -0.1) is 11.8 Å². The Morgan fingerprint density at radius 2 is 2.00 bits per heavy atom. The molecule has 0 saturated carbocycles. The highest BCUT2D eigenvalue weighted by atomic mass is 32.2. The van der Waals surface area contributed by atoms with Crippen molar-refractivity contribution in [2.45, 2.75) is 30.9 Å². The van der Waals surface area contributed by atoms with Gasteiger partial charge in [0, 0.05) is 10.6 Å². The van der Waals surface area contributed by atoms with Crippen molar-refractivity contribution in [2.75, 3.05) is 5.32 Å². The normalized spacial score (nSPS) is 11.5. The molecule has 0 unspecified atom stereocenters. The van der Waals surface area contributed by atoms with Crippen LogP contribution in [0.5, 0.6) is 0 Å². The lowest BCUT2D eigenvalue weighted by Gasteiger charge is -2.14. The van der Waals surface area contributed by atoms with Crippen LogP contribution in [0.2, 0.25) is 0 Å². The first-order chi connectivity index (χ1) is 10.5. The molecule has 1 amide bonds. The minimum Gasteiger partial charge on any atom is -0.325 e. The van der Waals surface area contributed by atoms with Gasteiger partial charge in [-0.05, 0) is 50.6 Å². The van der Waals surface area contributed by atoms with Crippen molar-refractivity contribution < 1.29 is 4.79 Å². The predicted octanol–water partition coefficient (Wildman–Crippen LogP) is 4.29. The molecule has 3 nitrogen and oxygen atoms in total. The van der Waals surface area contributed by atoms with Gasteiger partial charge < -0.3 is 5.32 Å². The van der Waals surface area contributed by atoms with E-state index in [4.69, 9.17) is 5.26 Å². The smallest absolute Gasteiger partial charge is 0.237 e. The highest BCUT2D eigenvalue weighted by Gasteiger charge is 2.16. The van der Waals surface area contributed by atoms with Gasteiger partial charge in [-0.2, -0.15) is 5.26 Å². The second-order valence-corrected chi connectivity index (χ2v) is 6.59. The van der Waals surface area contributed by atoms with Gasteiger partial charge in [0.25, 0.3) is 0 Å². The van der Waals surface area contributed by atoms with Gasteiger partial charge in [0.05, 0.1) is 16.9 Å². The molecule has 0 fully saturated rings. The number of hydrogen-bond acceptors (Lipinski definition) is 3. The summed E-state index contributed by atoms with van der Waals surface area (Å²) in [5, 5.41) is 11.5. The number of aryl methyl sites for hydroxylation is 2. The minimum absolute atomic E-state index is 0.0685. The molecule has 0 heterocycles. The number of benzene rings is 2. The Morgan fingerprint density at radius 1 is 1.23 bits per heavy atom. The zero-order valence-electron chi connectivity index (χ0n) is 12.9. The lowest BCUT2D eigenvalue weighted by Crippen LogP contribution is -2.22. The predicted molar refractivity (Wildman–Crippen MR) is 91.0 cm³/mol. The molecular formula is C18H18N2OS. The number of nitriles is 1. The van der Waals surface area contributed by atoms with Crippen LogP contribution in [0, 0.1) is 25.2 Å². The van der Waals surface area contributed by atoms with Crippen LogP contribution in [-0.4, -0.2) is 11.2 Å². The van der Waals surface area contributed by atoms with E-state index in [0.29, 0.717) is 11.3 Å². The summed E-state index contributed by atoms with van der Waals surface area (Å²) >= 11 is 1.54. The summed E-state index contributed by atoms with van der Waals surface area (Å²) < 4.78 is 0. The lowest BCUT2D eigenvalue weighted by molar-refractivity contribution is -0.115. The Balaban J connectivity index is 2.06. The Bertz CT molecular complexity index is 734. The van der Waals surface area contributed by atoms with Gasteiger partial charge in [0.2, 0.25) is 5.91 Å². The number of anilines is 1. The van der Waals surface area contributed by atoms with Crippen molar-refractivity contribution in [3.8, 4) is 6.07 Å². The summed E-state index contributed by atoms with van der Waals surface area (Å²) in [5.74, 6) is -0.0685. The number of carbonyl (C=O) groups is 1. The quantitative estimate of drug-likeness (QED) is 0.857. The van der Waals surface area contributed by atoms with Crippen LogP contribution in [0.15, 0.2) is 47.4 Å². The molecule has 0 aliphatic heterocycles. The Kier molecular flexibility index (Phi) is 5.24. The molecule has 0 spiro atoms. The fourth-order valence-electron chi connectivity index (χ4n) is 1.99. The van der Waals surface area contributed by atoms with Gasteiger partial charge in [0.15, 0.2) is 0 Å². The van der Waals surface area contributed by atoms with Crippen LogP contribution in [0.3, 0.4) is 0 Å². The summed E-state index contributed by atoms with van der Waals surface area (Å²) in [6.07, 6.45) is 0. The third kappa shape index (κ3) is 4.12. The van der Waals surface area contributed by atoms with Gasteiger partial charge >= 0.3 is 0 Å². The van der Waals surface area contributed by atoms with Crippen LogP contribution in [0.4, 0.5) is 5.69 Å². The molecule has 2 aromatic rings. The number of hydrogen-bond donors (Lipinski definition) is 1. The molecule has 0 saturated heterocycles. The standard InChI is InChI=1S/C18H18N2OS/c1-12-7-8-13(2)17(9-12)22-14(3)18(21)20-16-6-4-5-15(10-16)11-19/h4-10,14H,1-3H3,(H,20,21)/t14-/m1/s1. The highest BCUT2D eigenvalue weighted by Crippen LogP contribution is 2.28. The first-order valence-corrected chi connectivity index (χ1v) is 7.92. The number of nitrogens with zero attached hydrogens (tertiary/aromatic N) is 1. The maximum atomic E-state index is 12.3. The van der Waals surface area contributed by atoms with Gasteiger partial charge in [-0.25, -0.2) is 0 Å². The third-order valence-corrected chi connectivity index (χ3v) is 4.54. The average Bonchev–Trinajstić information content (AvgIpc) is 2.51. The van der Waals surface area contributed by atoms with E-state index in [1.807, 2.05) is 20.8 Å². The second-order valence-electron chi connectivity index (χ2n) is 5.21. The van der Waals surface area contributed by atoms with Gasteiger partial charge in [-0.3, -0.25) is 4.79 Å². The Labute approximate surface area is 135 Å². The molecule has 0 radical (unpaired) electrons. The SMILES string of the molecule is Cc1ccc(C)c(S[C@H](C)C(=O)Nc2cccc(C#N)c2)c1. The van der Waals surface area contributed by atoms with E-state index >= 15 is 0 Å². The molecule has 0 aromatic heterocycles. The van der Waals surface area contributed by atoms with Crippen molar-refractivity contribution in [1.82, 2.24) is 0 Å². The van der Waals surface area contributed by atoms with E-state index in [0.717, 1.165) is 4.90 Å². The highest BCUT2D eigenvalue weighted by molar-refractivity contribution is 8.00. The molecule has 22 heavy (non-hydrogen) atoms. The van der Waals surface area contributed by atoms with Crippen molar-refractivity contribution >= 4 is 23.4 Å². The molecule has 2 aromatic carbocycles. The van der Waals surface area contributed by atoms with Crippen molar-refractivity contribution in [3.05, 3.63) is 59.2 Å². The number of thioether (sulfide) groups is 1. The number of carbonyl (C=O) groups excluding carboxylic acids is 1. The summed E-state index contributed by atoms with van der Waals surface area (Å²) in [7, 11) is 0. The van der Waals surface area contributed by atoms with Crippen LogP contribution >= 0.6 is 11.8 Å². The van der Waals surface area contributed by atoms with Crippen molar-refractivity contribution in [3.63, 3.8) is 0 Å². The fourth-order valence-corrected chi connectivity index (χ4v) is 3.04. The van der Waals surface area contributed by atoms with Crippen LogP contribution in [0.1, 0.15) is 23.6 Å². The topological polar surface area (TPSA) is 52.9 Å². The third-order valence-electron chi connectivity index (χ3n) is 3.28. The van der Waals surface area contributed by atoms with E-state index in [1.54, 1.807) is 36.0 Å². The van der Waals surface area contributed by atoms with Crippen LogP contribution in [0.25, 0.3) is 0 Å².